The number of likely N-dealkylation sites (tertiary alicyclic amines) is 1. The van der Waals surface area contributed by atoms with Crippen LogP contribution in [0.15, 0.2) is 55.1 Å². The van der Waals surface area contributed by atoms with Gasteiger partial charge in [0.05, 0.1) is 18.1 Å². The van der Waals surface area contributed by atoms with Crippen LogP contribution >= 0.6 is 0 Å². The topological polar surface area (TPSA) is 107 Å². The zero-order valence-electron chi connectivity index (χ0n) is 19.9. The predicted molar refractivity (Wildman–Crippen MR) is 130 cm³/mol. The van der Waals surface area contributed by atoms with Crippen molar-refractivity contribution in [1.82, 2.24) is 4.90 Å². The van der Waals surface area contributed by atoms with Crippen molar-refractivity contribution < 1.29 is 29.3 Å². The van der Waals surface area contributed by atoms with Crippen LogP contribution in [0.2, 0.25) is 0 Å². The number of fused-ring (bicyclic) bond motifs is 2. The normalized spacial score (nSPS) is 33.2. The van der Waals surface area contributed by atoms with Crippen molar-refractivity contribution in [3.63, 3.8) is 0 Å². The van der Waals surface area contributed by atoms with Crippen LogP contribution in [0.1, 0.15) is 20.3 Å². The molecule has 8 nitrogen and oxygen atoms in total. The van der Waals surface area contributed by atoms with Gasteiger partial charge >= 0.3 is 5.97 Å². The molecule has 0 saturated carbocycles. The fraction of sp³-hybridized carbons (Fsp3) is 0.444. The van der Waals surface area contributed by atoms with Crippen LogP contribution in [0, 0.1) is 17.8 Å². The molecule has 2 aromatic carbocycles. The van der Waals surface area contributed by atoms with Crippen LogP contribution in [0.4, 0.5) is 5.69 Å². The number of nitrogens with zero attached hydrogens (tertiary/aromatic N) is 2. The smallest absolute Gasteiger partial charge is 0.310 e. The van der Waals surface area contributed by atoms with E-state index < -0.39 is 41.0 Å². The van der Waals surface area contributed by atoms with E-state index in [9.17, 15) is 24.6 Å². The summed E-state index contributed by atoms with van der Waals surface area (Å²) in [6, 6.07) is 12.5. The molecular formula is C27H30N2O6. The molecule has 2 bridgehead atoms. The van der Waals surface area contributed by atoms with Gasteiger partial charge in [-0.2, -0.15) is 0 Å². The lowest BCUT2D eigenvalue weighted by molar-refractivity contribution is -0.156. The van der Waals surface area contributed by atoms with Crippen molar-refractivity contribution in [3.05, 3.63) is 55.1 Å². The number of carboxylic acids is 1. The molecule has 3 aliphatic heterocycles. The third-order valence-corrected chi connectivity index (χ3v) is 8.28. The highest BCUT2D eigenvalue weighted by atomic mass is 16.5. The standard InChI is InChI=1S/C27H30N2O6/c1-4-11-28(19-10-9-17-7-5-6-8-18(17)14-19)24(32)22-27-15-16(2)26(3,35-27)21(25(33)34)20(27)23(31)29(22)12-13-30/h4-10,14,16,20-22,30H,1,11-13,15H2,2-3H3,(H,33,34)/t16?,20-,21-,22?,26+,27?/m0/s1. The summed E-state index contributed by atoms with van der Waals surface area (Å²) in [6.45, 7) is 7.24. The van der Waals surface area contributed by atoms with Gasteiger partial charge in [0, 0.05) is 18.8 Å². The van der Waals surface area contributed by atoms with E-state index in [1.165, 1.54) is 4.90 Å². The minimum atomic E-state index is -1.27. The summed E-state index contributed by atoms with van der Waals surface area (Å²) in [5, 5.41) is 21.8. The Morgan fingerprint density at radius 1 is 1.26 bits per heavy atom. The van der Waals surface area contributed by atoms with E-state index in [0.29, 0.717) is 12.1 Å². The molecule has 8 heteroatoms. The molecule has 1 spiro atoms. The summed E-state index contributed by atoms with van der Waals surface area (Å²) in [4.78, 5) is 43.1. The molecular weight excluding hydrogens is 448 g/mol. The van der Waals surface area contributed by atoms with Gasteiger partial charge in [-0.3, -0.25) is 14.4 Å². The lowest BCUT2D eigenvalue weighted by Crippen LogP contribution is -2.57. The van der Waals surface area contributed by atoms with Gasteiger partial charge in [0.25, 0.3) is 5.91 Å². The molecule has 2 aromatic rings. The number of rotatable bonds is 7. The molecule has 0 aromatic heterocycles. The number of hydrogen-bond donors (Lipinski definition) is 2. The zero-order valence-corrected chi connectivity index (χ0v) is 19.9. The molecule has 3 fully saturated rings. The monoisotopic (exact) mass is 478 g/mol. The number of aliphatic carboxylic acids is 1. The number of amides is 2. The van der Waals surface area contributed by atoms with E-state index in [-0.39, 0.29) is 31.5 Å². The van der Waals surface area contributed by atoms with Gasteiger partial charge in [-0.05, 0) is 42.2 Å². The molecule has 3 aliphatic rings. The third-order valence-electron chi connectivity index (χ3n) is 8.28. The molecule has 3 unspecified atom stereocenters. The molecule has 6 atom stereocenters. The molecule has 5 rings (SSSR count). The Balaban J connectivity index is 1.62. The first-order chi connectivity index (χ1) is 16.7. The van der Waals surface area contributed by atoms with Gasteiger partial charge in [-0.25, -0.2) is 0 Å². The summed E-state index contributed by atoms with van der Waals surface area (Å²) in [7, 11) is 0. The van der Waals surface area contributed by atoms with Gasteiger partial charge in [-0.1, -0.05) is 43.3 Å². The van der Waals surface area contributed by atoms with Crippen LogP contribution in [0.5, 0.6) is 0 Å². The second kappa shape index (κ2) is 8.17. The summed E-state index contributed by atoms with van der Waals surface area (Å²) in [5.41, 5.74) is -1.68. The number of aliphatic hydroxyl groups excluding tert-OH is 1. The molecule has 2 amide bonds. The molecule has 0 radical (unpaired) electrons. The number of anilines is 1. The molecule has 184 valence electrons. The highest BCUT2D eigenvalue weighted by molar-refractivity contribution is 6.05. The molecule has 3 heterocycles. The minimum Gasteiger partial charge on any atom is -0.481 e. The van der Waals surface area contributed by atoms with E-state index in [1.807, 2.05) is 49.4 Å². The van der Waals surface area contributed by atoms with Crippen LogP contribution in [-0.2, 0) is 19.1 Å². The van der Waals surface area contributed by atoms with Gasteiger partial charge in [-0.15, -0.1) is 6.58 Å². The van der Waals surface area contributed by atoms with E-state index in [1.54, 1.807) is 17.9 Å². The maximum atomic E-state index is 14.3. The lowest BCUT2D eigenvalue weighted by Gasteiger charge is -2.37. The first-order valence-electron chi connectivity index (χ1n) is 11.9. The summed E-state index contributed by atoms with van der Waals surface area (Å²) < 4.78 is 6.47. The minimum absolute atomic E-state index is 0.0755. The van der Waals surface area contributed by atoms with E-state index in [0.717, 1.165) is 10.8 Å². The fourth-order valence-corrected chi connectivity index (χ4v) is 6.69. The van der Waals surface area contributed by atoms with Crippen molar-refractivity contribution in [1.29, 1.82) is 0 Å². The van der Waals surface area contributed by atoms with Crippen LogP contribution in [0.3, 0.4) is 0 Å². The van der Waals surface area contributed by atoms with Crippen molar-refractivity contribution in [2.24, 2.45) is 17.8 Å². The van der Waals surface area contributed by atoms with Gasteiger partial charge in [0.1, 0.15) is 17.6 Å². The van der Waals surface area contributed by atoms with Crippen molar-refractivity contribution in [2.75, 3.05) is 24.6 Å². The average molecular weight is 479 g/mol. The number of carbonyl (C=O) groups is 3. The van der Waals surface area contributed by atoms with Gasteiger partial charge in [0.2, 0.25) is 5.91 Å². The van der Waals surface area contributed by atoms with Crippen molar-refractivity contribution in [3.8, 4) is 0 Å². The molecule has 35 heavy (non-hydrogen) atoms. The number of β-amino-alcohol motifs (C(OH)–C–C–N with tert-alkyl or cyclic N) is 1. The van der Waals surface area contributed by atoms with Gasteiger partial charge < -0.3 is 24.7 Å². The van der Waals surface area contributed by atoms with Crippen LogP contribution < -0.4 is 4.90 Å². The van der Waals surface area contributed by atoms with Gasteiger partial charge in [0.15, 0.2) is 0 Å². The maximum absolute atomic E-state index is 14.3. The Kier molecular flexibility index (Phi) is 5.49. The molecule has 0 aliphatic carbocycles. The zero-order chi connectivity index (χ0) is 25.1. The van der Waals surface area contributed by atoms with Crippen molar-refractivity contribution in [2.45, 2.75) is 37.5 Å². The maximum Gasteiger partial charge on any atom is 0.310 e. The third kappa shape index (κ3) is 3.16. The highest BCUT2D eigenvalue weighted by Gasteiger charge is 2.80. The number of hydrogen-bond acceptors (Lipinski definition) is 5. The number of carbonyl (C=O) groups excluding carboxylic acids is 2. The quantitative estimate of drug-likeness (QED) is 0.592. The summed E-state index contributed by atoms with van der Waals surface area (Å²) in [5.74, 6) is -4.13. The number of carboxylic acid groups (broad SMARTS) is 1. The van der Waals surface area contributed by atoms with E-state index in [4.69, 9.17) is 4.74 Å². The van der Waals surface area contributed by atoms with Crippen molar-refractivity contribution >= 4 is 34.2 Å². The van der Waals surface area contributed by atoms with Crippen LogP contribution in [-0.4, -0.2) is 69.8 Å². The Hall–Kier alpha value is -3.23. The second-order valence-corrected chi connectivity index (χ2v) is 10.1. The Morgan fingerprint density at radius 3 is 2.63 bits per heavy atom. The second-order valence-electron chi connectivity index (χ2n) is 10.1. The Labute approximate surface area is 203 Å². The molecule has 3 saturated heterocycles. The Bertz CT molecular complexity index is 1230. The first kappa shape index (κ1) is 23.5. The molecule has 2 N–H and O–H groups in total. The Morgan fingerprint density at radius 2 is 1.97 bits per heavy atom. The fourth-order valence-electron chi connectivity index (χ4n) is 6.69. The summed E-state index contributed by atoms with van der Waals surface area (Å²) in [6.07, 6.45) is 2.01. The highest BCUT2D eigenvalue weighted by Crippen LogP contribution is 2.65. The SMILES string of the molecule is C=CCN(C(=O)C1N(CCO)C(=O)[C@@H]2[C@@H](C(=O)O)[C@]3(C)OC12CC3C)c1ccc2ccccc2c1. The largest absolute Gasteiger partial charge is 0.481 e. The predicted octanol–water partition coefficient (Wildman–Crippen LogP) is 2.45. The number of aliphatic hydroxyl groups is 1. The summed E-state index contributed by atoms with van der Waals surface area (Å²) >= 11 is 0. The first-order valence-corrected chi connectivity index (χ1v) is 11.9. The lowest BCUT2D eigenvalue weighted by atomic mass is 9.62. The van der Waals surface area contributed by atoms with E-state index >= 15 is 0 Å². The average Bonchev–Trinajstić information content (AvgIpc) is 3.34. The number of ether oxygens (including phenoxy) is 1. The van der Waals surface area contributed by atoms with Crippen LogP contribution in [0.25, 0.3) is 10.8 Å². The van der Waals surface area contributed by atoms with E-state index in [2.05, 4.69) is 6.58 Å². The number of benzene rings is 2.